The van der Waals surface area contributed by atoms with Gasteiger partial charge in [-0.1, -0.05) is 35.9 Å². The molecule has 0 saturated carbocycles. The molecule has 0 atom stereocenters. The van der Waals surface area contributed by atoms with Crippen LogP contribution in [0.15, 0.2) is 42.5 Å². The molecule has 2 rings (SSSR count). The molecule has 0 radical (unpaired) electrons. The van der Waals surface area contributed by atoms with Gasteiger partial charge in [0.05, 0.1) is 0 Å². The van der Waals surface area contributed by atoms with E-state index in [9.17, 15) is 0 Å². The summed E-state index contributed by atoms with van der Waals surface area (Å²) in [6.45, 7) is 2.08. The Balaban J connectivity index is 2.59. The number of nitrogen functional groups attached to an aromatic ring is 1. The number of halogens is 1. The SMILES string of the molecule is Cc1ccccc1-c1cc(N)cc(Cl)c1. The summed E-state index contributed by atoms with van der Waals surface area (Å²) in [5, 5.41) is 0.674. The number of hydrogen-bond acceptors (Lipinski definition) is 1. The van der Waals surface area contributed by atoms with E-state index in [1.54, 1.807) is 6.07 Å². The third-order valence-electron chi connectivity index (χ3n) is 2.38. The quantitative estimate of drug-likeness (QED) is 0.721. The molecule has 0 amide bonds. The lowest BCUT2D eigenvalue weighted by Crippen LogP contribution is -1.87. The molecule has 15 heavy (non-hydrogen) atoms. The molecule has 1 nitrogen and oxygen atoms in total. The van der Waals surface area contributed by atoms with Gasteiger partial charge in [0.2, 0.25) is 0 Å². The first-order valence-electron chi connectivity index (χ1n) is 4.79. The molecule has 2 heteroatoms. The van der Waals surface area contributed by atoms with Gasteiger partial charge in [-0.3, -0.25) is 0 Å². The van der Waals surface area contributed by atoms with Gasteiger partial charge in [0.25, 0.3) is 0 Å². The molecular formula is C13H12ClN. The number of aryl methyl sites for hydroxylation is 1. The Morgan fingerprint density at radius 1 is 1.07 bits per heavy atom. The zero-order valence-electron chi connectivity index (χ0n) is 8.50. The fourth-order valence-corrected chi connectivity index (χ4v) is 1.91. The van der Waals surface area contributed by atoms with Gasteiger partial charge >= 0.3 is 0 Å². The lowest BCUT2D eigenvalue weighted by atomic mass is 10.0. The van der Waals surface area contributed by atoms with E-state index in [1.807, 2.05) is 24.3 Å². The molecule has 0 aromatic heterocycles. The second-order valence-electron chi connectivity index (χ2n) is 3.59. The monoisotopic (exact) mass is 217 g/mol. The lowest BCUT2D eigenvalue weighted by molar-refractivity contribution is 1.46. The molecule has 0 aliphatic rings. The van der Waals surface area contributed by atoms with Gasteiger partial charge in [0.15, 0.2) is 0 Å². The molecular weight excluding hydrogens is 206 g/mol. The zero-order chi connectivity index (χ0) is 10.8. The van der Waals surface area contributed by atoms with Crippen molar-refractivity contribution in [2.24, 2.45) is 0 Å². The van der Waals surface area contributed by atoms with E-state index in [1.165, 1.54) is 11.1 Å². The molecule has 0 unspecified atom stereocenters. The van der Waals surface area contributed by atoms with E-state index < -0.39 is 0 Å². The van der Waals surface area contributed by atoms with Crippen molar-refractivity contribution in [2.45, 2.75) is 6.92 Å². The Kier molecular flexibility index (Phi) is 2.65. The van der Waals surface area contributed by atoms with Gasteiger partial charge in [0.1, 0.15) is 0 Å². The Bertz CT molecular complexity index is 471. The predicted molar refractivity (Wildman–Crippen MR) is 66.0 cm³/mol. The molecule has 0 bridgehead atoms. The Morgan fingerprint density at radius 2 is 1.80 bits per heavy atom. The van der Waals surface area contributed by atoms with Crippen molar-refractivity contribution in [1.29, 1.82) is 0 Å². The average molecular weight is 218 g/mol. The number of hydrogen-bond donors (Lipinski definition) is 1. The van der Waals surface area contributed by atoms with Gasteiger partial charge < -0.3 is 5.73 Å². The van der Waals surface area contributed by atoms with Crippen molar-refractivity contribution >= 4 is 17.3 Å². The summed E-state index contributed by atoms with van der Waals surface area (Å²) in [6.07, 6.45) is 0. The minimum absolute atomic E-state index is 0.674. The molecule has 76 valence electrons. The fourth-order valence-electron chi connectivity index (χ4n) is 1.66. The highest BCUT2D eigenvalue weighted by Crippen LogP contribution is 2.27. The smallest absolute Gasteiger partial charge is 0.0432 e. The standard InChI is InChI=1S/C13H12ClN/c1-9-4-2-3-5-13(9)10-6-11(14)8-12(15)7-10/h2-8H,15H2,1H3. The third-order valence-corrected chi connectivity index (χ3v) is 2.59. The topological polar surface area (TPSA) is 26.0 Å². The highest BCUT2D eigenvalue weighted by molar-refractivity contribution is 6.31. The van der Waals surface area contributed by atoms with Crippen molar-refractivity contribution < 1.29 is 0 Å². The van der Waals surface area contributed by atoms with E-state index in [0.29, 0.717) is 10.7 Å². The second-order valence-corrected chi connectivity index (χ2v) is 4.02. The summed E-state index contributed by atoms with van der Waals surface area (Å²) in [5.74, 6) is 0. The van der Waals surface area contributed by atoms with Gasteiger partial charge in [-0.15, -0.1) is 0 Å². The van der Waals surface area contributed by atoms with Gasteiger partial charge in [-0.05, 0) is 41.8 Å². The van der Waals surface area contributed by atoms with Crippen LogP contribution in [-0.4, -0.2) is 0 Å². The van der Waals surface area contributed by atoms with Gasteiger partial charge in [-0.25, -0.2) is 0 Å². The van der Waals surface area contributed by atoms with E-state index in [4.69, 9.17) is 17.3 Å². The normalized spacial score (nSPS) is 10.3. The molecule has 2 aromatic rings. The minimum atomic E-state index is 0.674. The molecule has 0 heterocycles. The number of nitrogens with two attached hydrogens (primary N) is 1. The van der Waals surface area contributed by atoms with Crippen LogP contribution in [0.3, 0.4) is 0 Å². The maximum Gasteiger partial charge on any atom is 0.0432 e. The van der Waals surface area contributed by atoms with Crippen LogP contribution in [0, 0.1) is 6.92 Å². The molecule has 2 aromatic carbocycles. The van der Waals surface area contributed by atoms with Crippen LogP contribution in [0.1, 0.15) is 5.56 Å². The molecule has 0 aliphatic carbocycles. The van der Waals surface area contributed by atoms with E-state index in [2.05, 4.69) is 19.1 Å². The summed E-state index contributed by atoms with van der Waals surface area (Å²) < 4.78 is 0. The van der Waals surface area contributed by atoms with Gasteiger partial charge in [0, 0.05) is 10.7 Å². The van der Waals surface area contributed by atoms with E-state index >= 15 is 0 Å². The zero-order valence-corrected chi connectivity index (χ0v) is 9.25. The third kappa shape index (κ3) is 2.13. The van der Waals surface area contributed by atoms with Crippen LogP contribution >= 0.6 is 11.6 Å². The first-order chi connectivity index (χ1) is 7.16. The van der Waals surface area contributed by atoms with Crippen LogP contribution in [0.4, 0.5) is 5.69 Å². The largest absolute Gasteiger partial charge is 0.399 e. The molecule has 0 aliphatic heterocycles. The Hall–Kier alpha value is -1.47. The molecule has 0 saturated heterocycles. The first kappa shape index (κ1) is 10.1. The average Bonchev–Trinajstić information content (AvgIpc) is 2.16. The summed E-state index contributed by atoms with van der Waals surface area (Å²) >= 11 is 5.97. The van der Waals surface area contributed by atoms with E-state index in [0.717, 1.165) is 5.56 Å². The van der Waals surface area contributed by atoms with Crippen LogP contribution in [-0.2, 0) is 0 Å². The molecule has 2 N–H and O–H groups in total. The van der Waals surface area contributed by atoms with Crippen LogP contribution < -0.4 is 5.73 Å². The fraction of sp³-hybridized carbons (Fsp3) is 0.0769. The van der Waals surface area contributed by atoms with Crippen LogP contribution in [0.2, 0.25) is 5.02 Å². The number of rotatable bonds is 1. The highest BCUT2D eigenvalue weighted by atomic mass is 35.5. The highest BCUT2D eigenvalue weighted by Gasteiger charge is 2.02. The number of benzene rings is 2. The van der Waals surface area contributed by atoms with Crippen molar-refractivity contribution in [3.8, 4) is 11.1 Å². The van der Waals surface area contributed by atoms with Crippen molar-refractivity contribution in [2.75, 3.05) is 5.73 Å². The van der Waals surface area contributed by atoms with E-state index in [-0.39, 0.29) is 0 Å². The minimum Gasteiger partial charge on any atom is -0.399 e. The molecule has 0 spiro atoms. The predicted octanol–water partition coefficient (Wildman–Crippen LogP) is 3.90. The lowest BCUT2D eigenvalue weighted by Gasteiger charge is -2.07. The van der Waals surface area contributed by atoms with Crippen LogP contribution in [0.5, 0.6) is 0 Å². The van der Waals surface area contributed by atoms with Crippen molar-refractivity contribution in [3.05, 3.63) is 53.1 Å². The van der Waals surface area contributed by atoms with Crippen molar-refractivity contribution in [3.63, 3.8) is 0 Å². The maximum absolute atomic E-state index is 5.97. The Labute approximate surface area is 94.5 Å². The first-order valence-corrected chi connectivity index (χ1v) is 5.17. The summed E-state index contributed by atoms with van der Waals surface area (Å²) in [7, 11) is 0. The molecule has 0 fully saturated rings. The maximum atomic E-state index is 5.97. The van der Waals surface area contributed by atoms with Crippen LogP contribution in [0.25, 0.3) is 11.1 Å². The van der Waals surface area contributed by atoms with Crippen molar-refractivity contribution in [1.82, 2.24) is 0 Å². The Morgan fingerprint density at radius 3 is 2.47 bits per heavy atom. The summed E-state index contributed by atoms with van der Waals surface area (Å²) in [4.78, 5) is 0. The number of anilines is 1. The summed E-state index contributed by atoms with van der Waals surface area (Å²) in [6, 6.07) is 13.8. The van der Waals surface area contributed by atoms with Gasteiger partial charge in [-0.2, -0.15) is 0 Å². The summed E-state index contributed by atoms with van der Waals surface area (Å²) in [5.41, 5.74) is 9.92. The second kappa shape index (κ2) is 3.95.